The summed E-state index contributed by atoms with van der Waals surface area (Å²) in [5, 5.41) is 41.7. The largest absolute Gasteiger partial charge is 0.480 e. The standard InChI is InChI=1S/C10H19NO5.C10H21NO4/c1-9(2,3)16-8(14)11-6(7(12)13)10(4,5)15;1-9(2,3)15-8(13)11-7(6-12)10(4,5)14/h6,15H,1-5H3,(H,11,14)(H,12,13);7,12,14H,6H2,1-5H3,(H,11,13)/t6-;7-/m11/s1/i2*4D3/t6-,10+;7-,10+. The number of ether oxygens (including phenoxy) is 2. The molecule has 0 aromatic heterocycles. The highest BCUT2D eigenvalue weighted by atomic mass is 16.6. The van der Waals surface area contributed by atoms with Crippen LogP contribution in [0.4, 0.5) is 9.59 Å². The van der Waals surface area contributed by atoms with Crippen molar-refractivity contribution in [2.75, 3.05) is 6.61 Å². The monoisotopic (exact) mass is 458 g/mol. The zero-order valence-electron chi connectivity index (χ0n) is 25.2. The predicted molar refractivity (Wildman–Crippen MR) is 114 cm³/mol. The number of alkyl carbamates (subject to hydrolysis) is 2. The molecule has 184 valence electrons. The lowest BCUT2D eigenvalue weighted by atomic mass is 9.99. The van der Waals surface area contributed by atoms with Crippen LogP contribution in [0.2, 0.25) is 0 Å². The first-order chi connectivity index (χ1) is 16.0. The molecule has 0 bridgehead atoms. The van der Waals surface area contributed by atoms with Gasteiger partial charge in [0.15, 0.2) is 6.04 Å². The molecule has 2 amide bonds. The minimum absolute atomic E-state index is 0.718. The molecule has 31 heavy (non-hydrogen) atoms. The van der Waals surface area contributed by atoms with Crippen LogP contribution in [0.1, 0.15) is 77.3 Å². The molecule has 0 heterocycles. The highest BCUT2D eigenvalue weighted by Gasteiger charge is 2.36. The summed E-state index contributed by atoms with van der Waals surface area (Å²) in [6.07, 6.45) is -2.02. The van der Waals surface area contributed by atoms with Gasteiger partial charge in [-0.2, -0.15) is 0 Å². The second kappa shape index (κ2) is 11.5. The van der Waals surface area contributed by atoms with E-state index in [4.69, 9.17) is 27.9 Å². The quantitative estimate of drug-likeness (QED) is 0.343. The molecule has 0 unspecified atom stereocenters. The van der Waals surface area contributed by atoms with E-state index < -0.39 is 73.0 Å². The van der Waals surface area contributed by atoms with Crippen LogP contribution >= 0.6 is 0 Å². The maximum absolute atomic E-state index is 11.5. The van der Waals surface area contributed by atoms with E-state index in [1.54, 1.807) is 41.5 Å². The van der Waals surface area contributed by atoms with Gasteiger partial charge in [-0.3, -0.25) is 0 Å². The lowest BCUT2D eigenvalue weighted by Crippen LogP contribution is -2.54. The van der Waals surface area contributed by atoms with Crippen molar-refractivity contribution in [1.29, 1.82) is 0 Å². The minimum atomic E-state index is -2.98. The summed E-state index contributed by atoms with van der Waals surface area (Å²) >= 11 is 0. The summed E-state index contributed by atoms with van der Waals surface area (Å²) in [5.74, 6) is -1.67. The number of carbonyl (C=O) groups is 3. The number of rotatable bonds is 6. The Bertz CT molecular complexity index is 785. The third kappa shape index (κ3) is 16.3. The topological polar surface area (TPSA) is 175 Å². The number of aliphatic hydroxyl groups is 3. The molecule has 0 rings (SSSR count). The van der Waals surface area contributed by atoms with Crippen molar-refractivity contribution in [1.82, 2.24) is 10.6 Å². The van der Waals surface area contributed by atoms with Crippen LogP contribution in [0.5, 0.6) is 0 Å². The molecule has 0 aromatic rings. The van der Waals surface area contributed by atoms with Gasteiger partial charge in [0, 0.05) is 8.22 Å². The van der Waals surface area contributed by atoms with Crippen LogP contribution in [0.3, 0.4) is 0 Å². The summed E-state index contributed by atoms with van der Waals surface area (Å²) in [5.41, 5.74) is -6.51. The van der Waals surface area contributed by atoms with E-state index in [9.17, 15) is 24.6 Å². The summed E-state index contributed by atoms with van der Waals surface area (Å²) < 4.78 is 52.6. The first kappa shape index (κ1) is 20.8. The number of aliphatic hydroxyl groups excluding tert-OH is 1. The number of carboxylic acid groups (broad SMARTS) is 1. The third-order valence-electron chi connectivity index (χ3n) is 3.02. The Labute approximate surface area is 192 Å². The summed E-state index contributed by atoms with van der Waals surface area (Å²) in [7, 11) is 0. The summed E-state index contributed by atoms with van der Waals surface area (Å²) in [4.78, 5) is 33.9. The fourth-order valence-electron chi connectivity index (χ4n) is 1.68. The van der Waals surface area contributed by atoms with Crippen molar-refractivity contribution in [3.05, 3.63) is 0 Å². The van der Waals surface area contributed by atoms with E-state index in [0.717, 1.165) is 13.8 Å². The van der Waals surface area contributed by atoms with Crippen LogP contribution in [-0.4, -0.2) is 79.7 Å². The molecule has 0 saturated carbocycles. The van der Waals surface area contributed by atoms with Crippen molar-refractivity contribution in [3.8, 4) is 0 Å². The number of nitrogens with one attached hydrogen (secondary N) is 2. The normalized spacial score (nSPS) is 21.1. The molecule has 11 nitrogen and oxygen atoms in total. The minimum Gasteiger partial charge on any atom is -0.480 e. The molecule has 6 N–H and O–H groups in total. The highest BCUT2D eigenvalue weighted by molar-refractivity contribution is 5.81. The average molecular weight is 459 g/mol. The Hall–Kier alpha value is -2.11. The molecule has 0 aliphatic rings. The van der Waals surface area contributed by atoms with Crippen LogP contribution in [0.25, 0.3) is 0 Å². The lowest BCUT2D eigenvalue weighted by Gasteiger charge is -2.29. The molecule has 11 heteroatoms. The molecule has 0 aliphatic carbocycles. The smallest absolute Gasteiger partial charge is 0.408 e. The van der Waals surface area contributed by atoms with Gasteiger partial charge < -0.3 is 40.5 Å². The summed E-state index contributed by atoms with van der Waals surface area (Å²) in [6, 6.07) is -3.37. The number of carbonyl (C=O) groups excluding carboxylic acids is 2. The molecule has 0 saturated heterocycles. The van der Waals surface area contributed by atoms with Gasteiger partial charge in [0.1, 0.15) is 11.2 Å². The van der Waals surface area contributed by atoms with Crippen LogP contribution in [0, 0.1) is 0 Å². The Balaban J connectivity index is 0. The lowest BCUT2D eigenvalue weighted by molar-refractivity contribution is -0.145. The van der Waals surface area contributed by atoms with Crippen molar-refractivity contribution in [3.63, 3.8) is 0 Å². The SMILES string of the molecule is [2H]C([2H])([2H])[C@@](C)(O)[C@@H](CO)NC(=O)OC(C)(C)C.[2H]C([2H])([2H])[C@@](C)(O)[C@H](NC(=O)OC(C)(C)C)C(=O)O. The van der Waals surface area contributed by atoms with Gasteiger partial charge in [0.05, 0.1) is 23.9 Å². The zero-order valence-corrected chi connectivity index (χ0v) is 19.2. The molecule has 0 aliphatic heterocycles. The highest BCUT2D eigenvalue weighted by Crippen LogP contribution is 2.12. The second-order valence-electron chi connectivity index (χ2n) is 9.09. The molecule has 0 radical (unpaired) electrons. The fraction of sp³-hybridized carbons (Fsp3) is 0.850. The van der Waals surface area contributed by atoms with Gasteiger partial charge in [0.2, 0.25) is 0 Å². The number of amides is 2. The molecular formula is C20H40N2O9. The Morgan fingerprint density at radius 3 is 1.52 bits per heavy atom. The average Bonchev–Trinajstić information content (AvgIpc) is 2.59. The fourth-order valence-corrected chi connectivity index (χ4v) is 1.68. The van der Waals surface area contributed by atoms with E-state index in [2.05, 4.69) is 5.32 Å². The van der Waals surface area contributed by atoms with Crippen molar-refractivity contribution in [2.45, 2.75) is 104 Å². The van der Waals surface area contributed by atoms with E-state index in [1.165, 1.54) is 0 Å². The zero-order chi connectivity index (χ0) is 30.4. The van der Waals surface area contributed by atoms with Crippen molar-refractivity contribution < 1.29 is 52.5 Å². The van der Waals surface area contributed by atoms with Gasteiger partial charge in [-0.05, 0) is 69.1 Å². The maximum atomic E-state index is 11.5. The van der Waals surface area contributed by atoms with Crippen LogP contribution in [0.15, 0.2) is 0 Å². The van der Waals surface area contributed by atoms with Crippen molar-refractivity contribution >= 4 is 18.2 Å². The van der Waals surface area contributed by atoms with E-state index in [-0.39, 0.29) is 0 Å². The van der Waals surface area contributed by atoms with Gasteiger partial charge in [0.25, 0.3) is 0 Å². The van der Waals surface area contributed by atoms with Crippen LogP contribution in [-0.2, 0) is 14.3 Å². The van der Waals surface area contributed by atoms with E-state index in [1.807, 2.05) is 5.32 Å². The second-order valence-corrected chi connectivity index (χ2v) is 9.09. The summed E-state index contributed by atoms with van der Waals surface area (Å²) in [6.45, 7) is 5.01. The third-order valence-corrected chi connectivity index (χ3v) is 3.02. The van der Waals surface area contributed by atoms with Gasteiger partial charge >= 0.3 is 18.2 Å². The maximum Gasteiger partial charge on any atom is 0.408 e. The molecular weight excluding hydrogens is 412 g/mol. The van der Waals surface area contributed by atoms with E-state index in [0.29, 0.717) is 0 Å². The Morgan fingerprint density at radius 2 is 1.23 bits per heavy atom. The van der Waals surface area contributed by atoms with Crippen LogP contribution < -0.4 is 10.6 Å². The Morgan fingerprint density at radius 1 is 0.839 bits per heavy atom. The number of carboxylic acids is 1. The van der Waals surface area contributed by atoms with E-state index >= 15 is 0 Å². The molecule has 0 fully saturated rings. The van der Waals surface area contributed by atoms with Gasteiger partial charge in [-0.25, -0.2) is 14.4 Å². The number of hydrogen-bond acceptors (Lipinski definition) is 8. The number of aliphatic carboxylic acids is 1. The van der Waals surface area contributed by atoms with Gasteiger partial charge in [-0.1, -0.05) is 0 Å². The van der Waals surface area contributed by atoms with Crippen molar-refractivity contribution in [2.24, 2.45) is 0 Å². The van der Waals surface area contributed by atoms with Gasteiger partial charge in [-0.15, -0.1) is 0 Å². The molecule has 4 atom stereocenters. The Kier molecular flexibility index (Phi) is 7.70. The molecule has 0 spiro atoms. The predicted octanol–water partition coefficient (Wildman–Crippen LogP) is 1.38. The first-order valence-electron chi connectivity index (χ1n) is 12.3. The number of hydrogen-bond donors (Lipinski definition) is 6. The first-order valence-corrected chi connectivity index (χ1v) is 9.27. The molecule has 0 aromatic carbocycles.